The molecule has 1 unspecified atom stereocenters. The maximum atomic E-state index is 12.2. The van der Waals surface area contributed by atoms with E-state index < -0.39 is 6.04 Å². The Labute approximate surface area is 159 Å². The molecule has 2 aromatic carbocycles. The molecule has 5 heteroatoms. The van der Waals surface area contributed by atoms with Crippen LogP contribution in [0, 0.1) is 0 Å². The predicted octanol–water partition coefficient (Wildman–Crippen LogP) is 3.60. The molecule has 0 saturated carbocycles. The third-order valence-electron chi connectivity index (χ3n) is 4.53. The van der Waals surface area contributed by atoms with Crippen LogP contribution in [0.2, 0.25) is 0 Å². The van der Waals surface area contributed by atoms with Crippen LogP contribution in [-0.4, -0.2) is 18.3 Å². The van der Waals surface area contributed by atoms with Crippen LogP contribution in [0.3, 0.4) is 0 Å². The highest BCUT2D eigenvalue weighted by molar-refractivity contribution is 6.02. The number of Topliss-reactive ketones (excluding diaryl/α,β-unsaturated/α-hetero) is 1. The van der Waals surface area contributed by atoms with E-state index in [9.17, 15) is 9.59 Å². The van der Waals surface area contributed by atoms with Gasteiger partial charge in [-0.05, 0) is 40.8 Å². The molecule has 27 heavy (non-hydrogen) atoms. The van der Waals surface area contributed by atoms with Crippen LogP contribution in [0.15, 0.2) is 48.5 Å². The molecule has 3 rings (SSSR count). The van der Waals surface area contributed by atoms with Gasteiger partial charge in [-0.3, -0.25) is 9.59 Å². The summed E-state index contributed by atoms with van der Waals surface area (Å²) in [4.78, 5) is 23.9. The van der Waals surface area contributed by atoms with Crippen molar-refractivity contribution in [1.82, 2.24) is 0 Å². The Hall–Kier alpha value is -2.92. The lowest BCUT2D eigenvalue weighted by Crippen LogP contribution is -2.31. The lowest BCUT2D eigenvalue weighted by molar-refractivity contribution is -0.123. The minimum Gasteiger partial charge on any atom is -0.485 e. The molecule has 3 N–H and O–H groups in total. The minimum absolute atomic E-state index is 0.0172. The van der Waals surface area contributed by atoms with E-state index in [1.54, 1.807) is 24.3 Å². The van der Waals surface area contributed by atoms with E-state index in [4.69, 9.17) is 10.5 Å². The second-order valence-corrected chi connectivity index (χ2v) is 7.68. The number of ketones is 1. The number of fused-ring (bicyclic) bond motifs is 1. The molecule has 0 aromatic heterocycles. The maximum Gasteiger partial charge on any atom is 0.248 e. The van der Waals surface area contributed by atoms with Gasteiger partial charge in [0.1, 0.15) is 12.4 Å². The van der Waals surface area contributed by atoms with Gasteiger partial charge in [0.15, 0.2) is 5.78 Å². The quantitative estimate of drug-likeness (QED) is 0.816. The zero-order valence-electron chi connectivity index (χ0n) is 15.8. The lowest BCUT2D eigenvalue weighted by Gasteiger charge is -2.22. The second kappa shape index (κ2) is 7.37. The Morgan fingerprint density at radius 3 is 2.56 bits per heavy atom. The summed E-state index contributed by atoms with van der Waals surface area (Å²) in [7, 11) is 0. The summed E-state index contributed by atoms with van der Waals surface area (Å²) in [6.45, 7) is 6.47. The van der Waals surface area contributed by atoms with Crippen LogP contribution >= 0.6 is 0 Å². The van der Waals surface area contributed by atoms with Gasteiger partial charge in [-0.2, -0.15) is 0 Å². The molecule has 1 atom stereocenters. The molecule has 0 aliphatic carbocycles. The van der Waals surface area contributed by atoms with E-state index in [0.717, 1.165) is 5.56 Å². The Morgan fingerprint density at radius 2 is 1.89 bits per heavy atom. The summed E-state index contributed by atoms with van der Waals surface area (Å²) < 4.78 is 5.35. The average Bonchev–Trinajstić information content (AvgIpc) is 2.63. The average molecular weight is 364 g/mol. The van der Waals surface area contributed by atoms with Crippen LogP contribution in [0.5, 0.6) is 5.75 Å². The summed E-state index contributed by atoms with van der Waals surface area (Å²) in [5, 5.41) is 2.79. The van der Waals surface area contributed by atoms with Crippen molar-refractivity contribution in [1.29, 1.82) is 0 Å². The van der Waals surface area contributed by atoms with Crippen molar-refractivity contribution in [3.8, 4) is 5.75 Å². The molecule has 1 aliphatic rings. The molecular weight excluding hydrogens is 340 g/mol. The molecule has 5 nitrogen and oxygen atoms in total. The fourth-order valence-corrected chi connectivity index (χ4v) is 2.86. The van der Waals surface area contributed by atoms with Gasteiger partial charge in [0, 0.05) is 17.3 Å². The van der Waals surface area contributed by atoms with Crippen LogP contribution in [0.4, 0.5) is 5.69 Å². The number of carbonyl (C=O) groups excluding carboxylic acids is 2. The molecule has 2 aromatic rings. The molecule has 1 amide bonds. The van der Waals surface area contributed by atoms with Crippen molar-refractivity contribution in [3.63, 3.8) is 0 Å². The van der Waals surface area contributed by atoms with Crippen molar-refractivity contribution in [2.75, 3.05) is 11.9 Å². The number of benzene rings is 2. The Balaban J connectivity index is 1.67. The summed E-state index contributed by atoms with van der Waals surface area (Å²) in [6, 6.07) is 12.5. The first-order chi connectivity index (χ1) is 12.7. The number of nitrogens with one attached hydrogen (secondary N) is 1. The summed E-state index contributed by atoms with van der Waals surface area (Å²) in [5.41, 5.74) is 9.35. The number of nitrogens with two attached hydrogens (primary N) is 1. The van der Waals surface area contributed by atoms with Crippen molar-refractivity contribution in [2.45, 2.75) is 32.2 Å². The summed E-state index contributed by atoms with van der Waals surface area (Å²) in [5.74, 6) is 0.144. The zero-order valence-corrected chi connectivity index (χ0v) is 15.8. The molecule has 140 valence electrons. The van der Waals surface area contributed by atoms with Crippen molar-refractivity contribution >= 4 is 23.5 Å². The topological polar surface area (TPSA) is 81.4 Å². The molecule has 0 radical (unpaired) electrons. The number of amides is 1. The van der Waals surface area contributed by atoms with E-state index in [2.05, 4.69) is 38.2 Å². The minimum atomic E-state index is -0.720. The van der Waals surface area contributed by atoms with Gasteiger partial charge >= 0.3 is 0 Å². The van der Waals surface area contributed by atoms with Crippen molar-refractivity contribution < 1.29 is 14.3 Å². The van der Waals surface area contributed by atoms with Crippen molar-refractivity contribution in [3.05, 3.63) is 65.2 Å². The van der Waals surface area contributed by atoms with E-state index in [1.807, 2.05) is 12.1 Å². The third-order valence-corrected chi connectivity index (χ3v) is 4.53. The molecule has 0 fully saturated rings. The molecule has 0 bridgehead atoms. The number of hydrogen-bond acceptors (Lipinski definition) is 4. The van der Waals surface area contributed by atoms with E-state index >= 15 is 0 Å². The van der Waals surface area contributed by atoms with Crippen LogP contribution in [-0.2, 0) is 15.0 Å². The Bertz CT molecular complexity index is 893. The number of hydrogen-bond donors (Lipinski definition) is 2. The predicted molar refractivity (Wildman–Crippen MR) is 107 cm³/mol. The van der Waals surface area contributed by atoms with Gasteiger partial charge in [0.25, 0.3) is 0 Å². The van der Waals surface area contributed by atoms with Crippen LogP contribution in [0.1, 0.15) is 43.5 Å². The molecule has 1 aliphatic heterocycles. The standard InChI is InChI=1S/C22H24N2O3/c1-22(2,3)15-7-4-14(5-8-15)6-11-20(26)24-16-9-10-19-17(12-16)21(23)18(25)13-27-19/h4-12,21H,13,23H2,1-3H3,(H,24,26)/b11-6+. The molecule has 1 heterocycles. The monoisotopic (exact) mass is 364 g/mol. The largest absolute Gasteiger partial charge is 0.485 e. The Morgan fingerprint density at radius 1 is 1.19 bits per heavy atom. The summed E-state index contributed by atoms with van der Waals surface area (Å²) in [6.07, 6.45) is 3.24. The Kier molecular flexibility index (Phi) is 5.15. The maximum absolute atomic E-state index is 12.2. The first-order valence-corrected chi connectivity index (χ1v) is 8.89. The van der Waals surface area contributed by atoms with E-state index in [0.29, 0.717) is 17.0 Å². The summed E-state index contributed by atoms with van der Waals surface area (Å²) >= 11 is 0. The molecule has 0 saturated heterocycles. The van der Waals surface area contributed by atoms with Gasteiger partial charge in [-0.15, -0.1) is 0 Å². The van der Waals surface area contributed by atoms with E-state index in [-0.39, 0.29) is 23.7 Å². The highest BCUT2D eigenvalue weighted by Crippen LogP contribution is 2.31. The van der Waals surface area contributed by atoms with Gasteiger partial charge in [0.2, 0.25) is 5.91 Å². The molecule has 0 spiro atoms. The lowest BCUT2D eigenvalue weighted by atomic mass is 9.87. The van der Waals surface area contributed by atoms with Gasteiger partial charge in [0.05, 0.1) is 6.04 Å². The fraction of sp³-hybridized carbons (Fsp3) is 0.273. The smallest absolute Gasteiger partial charge is 0.248 e. The van der Waals surface area contributed by atoms with E-state index in [1.165, 1.54) is 11.6 Å². The first-order valence-electron chi connectivity index (χ1n) is 8.89. The first kappa shape index (κ1) is 18.9. The second-order valence-electron chi connectivity index (χ2n) is 7.68. The third kappa shape index (κ3) is 4.44. The number of rotatable bonds is 3. The number of anilines is 1. The molecular formula is C22H24N2O3. The van der Waals surface area contributed by atoms with Crippen molar-refractivity contribution in [2.24, 2.45) is 5.73 Å². The fourth-order valence-electron chi connectivity index (χ4n) is 2.86. The van der Waals surface area contributed by atoms with Gasteiger partial charge in [-0.1, -0.05) is 45.0 Å². The van der Waals surface area contributed by atoms with Gasteiger partial charge in [-0.25, -0.2) is 0 Å². The number of ether oxygens (including phenoxy) is 1. The highest BCUT2D eigenvalue weighted by atomic mass is 16.5. The van der Waals surface area contributed by atoms with Gasteiger partial charge < -0.3 is 15.8 Å². The number of carbonyl (C=O) groups is 2. The van der Waals surface area contributed by atoms with Crippen LogP contribution < -0.4 is 15.8 Å². The normalized spacial score (nSPS) is 16.7. The van der Waals surface area contributed by atoms with Crippen LogP contribution in [0.25, 0.3) is 6.08 Å². The highest BCUT2D eigenvalue weighted by Gasteiger charge is 2.25. The SMILES string of the molecule is CC(C)(C)c1ccc(/C=C/C(=O)Nc2ccc3c(c2)C(N)C(=O)CO3)cc1. The zero-order chi connectivity index (χ0) is 19.6.